The van der Waals surface area contributed by atoms with Gasteiger partial charge in [0.25, 0.3) is 5.91 Å². The number of carbonyl (C=O) groups excluding carboxylic acids is 2. The molecule has 0 saturated carbocycles. The van der Waals surface area contributed by atoms with Gasteiger partial charge in [0.15, 0.2) is 29.9 Å². The number of rotatable bonds is 5. The van der Waals surface area contributed by atoms with Gasteiger partial charge < -0.3 is 10.1 Å². The van der Waals surface area contributed by atoms with E-state index in [2.05, 4.69) is 0 Å². The first kappa shape index (κ1) is 25.8. The molecule has 194 valence electrons. The van der Waals surface area contributed by atoms with Crippen LogP contribution in [0.4, 0.5) is 33.3 Å². The Labute approximate surface area is 202 Å². The summed E-state index contributed by atoms with van der Waals surface area (Å²) in [5, 5.41) is 1.59. The summed E-state index contributed by atoms with van der Waals surface area (Å²) in [6, 6.07) is 3.72. The van der Waals surface area contributed by atoms with Gasteiger partial charge in [0.05, 0.1) is 10.6 Å². The van der Waals surface area contributed by atoms with Crippen LogP contribution in [0.1, 0.15) is 19.8 Å². The monoisotopic (exact) mass is 533 g/mol. The van der Waals surface area contributed by atoms with Crippen LogP contribution in [0, 0.1) is 35.0 Å². The zero-order valence-electron chi connectivity index (χ0n) is 18.8. The van der Waals surface area contributed by atoms with E-state index in [1.807, 2.05) is 6.92 Å². The van der Waals surface area contributed by atoms with Crippen molar-refractivity contribution in [3.05, 3.63) is 47.3 Å². The summed E-state index contributed by atoms with van der Waals surface area (Å²) >= 11 is 0. The molecule has 8 nitrogen and oxygen atoms in total. The molecule has 0 aliphatic carbocycles. The molecule has 2 aliphatic rings. The molecule has 36 heavy (non-hydrogen) atoms. The van der Waals surface area contributed by atoms with Crippen molar-refractivity contribution in [1.29, 1.82) is 0 Å². The summed E-state index contributed by atoms with van der Waals surface area (Å²) in [4.78, 5) is 25.6. The lowest BCUT2D eigenvalue weighted by Crippen LogP contribution is -2.44. The molecule has 2 aliphatic heterocycles. The van der Waals surface area contributed by atoms with Gasteiger partial charge in [0.1, 0.15) is 18.0 Å². The number of anilines is 2. The van der Waals surface area contributed by atoms with Gasteiger partial charge in [0.2, 0.25) is 21.7 Å². The molecule has 0 aromatic heterocycles. The molecule has 0 bridgehead atoms. The fourth-order valence-corrected chi connectivity index (χ4v) is 5.42. The molecule has 1 saturated heterocycles. The van der Waals surface area contributed by atoms with Gasteiger partial charge in [-0.3, -0.25) is 14.5 Å². The van der Waals surface area contributed by atoms with Crippen molar-refractivity contribution >= 4 is 33.2 Å². The normalized spacial score (nSPS) is 17.1. The fraction of sp³-hybridized carbons (Fsp3) is 0.364. The SMILES string of the molecule is CC1CCN(S(=O)(=O)c2ccc3c(c2)N(CC(=O)Nc2c(F)c(F)c(F)c(F)c2F)C(=O)CO3)CC1. The summed E-state index contributed by atoms with van der Waals surface area (Å²) in [5.41, 5.74) is -1.68. The van der Waals surface area contributed by atoms with Crippen LogP contribution in [-0.4, -0.2) is 50.8 Å². The highest BCUT2D eigenvalue weighted by molar-refractivity contribution is 7.89. The third kappa shape index (κ3) is 4.62. The third-order valence-corrected chi connectivity index (χ3v) is 7.92. The topological polar surface area (TPSA) is 96.0 Å². The number of hydrogen-bond acceptors (Lipinski definition) is 5. The number of fused-ring (bicyclic) bond motifs is 1. The molecule has 0 unspecified atom stereocenters. The van der Waals surface area contributed by atoms with E-state index < -0.39 is 69.8 Å². The maximum atomic E-state index is 13.9. The van der Waals surface area contributed by atoms with Gasteiger partial charge in [-0.2, -0.15) is 4.31 Å². The van der Waals surface area contributed by atoms with Crippen LogP contribution in [0.3, 0.4) is 0 Å². The van der Waals surface area contributed by atoms with E-state index >= 15 is 0 Å². The van der Waals surface area contributed by atoms with Crippen molar-refractivity contribution in [1.82, 2.24) is 4.31 Å². The zero-order chi connectivity index (χ0) is 26.4. The third-order valence-electron chi connectivity index (χ3n) is 6.03. The van der Waals surface area contributed by atoms with E-state index in [-0.39, 0.29) is 16.3 Å². The van der Waals surface area contributed by atoms with Crippen LogP contribution < -0.4 is 15.0 Å². The molecule has 0 radical (unpaired) electrons. The maximum absolute atomic E-state index is 13.9. The fourth-order valence-electron chi connectivity index (χ4n) is 3.93. The number of piperidine rings is 1. The van der Waals surface area contributed by atoms with Crippen molar-refractivity contribution in [2.45, 2.75) is 24.7 Å². The Bertz CT molecular complexity index is 1320. The molecule has 1 N–H and O–H groups in total. The lowest BCUT2D eigenvalue weighted by molar-refractivity contribution is -0.123. The van der Waals surface area contributed by atoms with Crippen LogP contribution in [0.25, 0.3) is 0 Å². The van der Waals surface area contributed by atoms with Gasteiger partial charge >= 0.3 is 0 Å². The van der Waals surface area contributed by atoms with Gasteiger partial charge in [-0.1, -0.05) is 6.92 Å². The van der Waals surface area contributed by atoms with E-state index in [0.29, 0.717) is 31.8 Å². The van der Waals surface area contributed by atoms with Crippen molar-refractivity contribution in [3.8, 4) is 5.75 Å². The second kappa shape index (κ2) is 9.65. The first-order chi connectivity index (χ1) is 16.9. The predicted octanol–water partition coefficient (Wildman–Crippen LogP) is 3.17. The second-order valence-corrected chi connectivity index (χ2v) is 10.4. The number of sulfonamides is 1. The van der Waals surface area contributed by atoms with Gasteiger partial charge in [0, 0.05) is 13.1 Å². The molecule has 2 aromatic rings. The number of halogens is 5. The first-order valence-electron chi connectivity index (χ1n) is 10.8. The Morgan fingerprint density at radius 1 is 1.03 bits per heavy atom. The average molecular weight is 533 g/mol. The van der Waals surface area contributed by atoms with E-state index in [9.17, 15) is 40.0 Å². The van der Waals surface area contributed by atoms with Crippen molar-refractivity contribution in [2.24, 2.45) is 5.92 Å². The number of nitrogens with one attached hydrogen (secondary N) is 1. The number of nitrogens with zero attached hydrogens (tertiary/aromatic N) is 2. The van der Waals surface area contributed by atoms with E-state index in [1.165, 1.54) is 16.4 Å². The highest BCUT2D eigenvalue weighted by Crippen LogP contribution is 2.36. The van der Waals surface area contributed by atoms with E-state index in [4.69, 9.17) is 4.74 Å². The number of hydrogen-bond donors (Lipinski definition) is 1. The lowest BCUT2D eigenvalue weighted by atomic mass is 10.0. The Balaban J connectivity index is 1.61. The molecular weight excluding hydrogens is 513 g/mol. The Morgan fingerprint density at radius 3 is 2.22 bits per heavy atom. The number of benzene rings is 2. The summed E-state index contributed by atoms with van der Waals surface area (Å²) in [5.74, 6) is -13.1. The number of carbonyl (C=O) groups is 2. The Morgan fingerprint density at radius 2 is 1.61 bits per heavy atom. The molecule has 4 rings (SSSR count). The largest absolute Gasteiger partial charge is 0.482 e. The molecule has 2 heterocycles. The standard InChI is InChI=1S/C22H20F5N3O5S/c1-11-4-6-29(7-5-11)36(33,34)12-2-3-14-13(8-12)30(16(32)10-35-14)9-15(31)28-22-20(26)18(24)17(23)19(25)21(22)27/h2-3,8,11H,4-7,9-10H2,1H3,(H,28,31). The minimum atomic E-state index is -3.94. The summed E-state index contributed by atoms with van der Waals surface area (Å²) in [7, 11) is -3.94. The lowest BCUT2D eigenvalue weighted by Gasteiger charge is -2.31. The van der Waals surface area contributed by atoms with Crippen LogP contribution >= 0.6 is 0 Å². The maximum Gasteiger partial charge on any atom is 0.265 e. The Kier molecular flexibility index (Phi) is 6.92. The summed E-state index contributed by atoms with van der Waals surface area (Å²) in [6.45, 7) is 1.19. The van der Waals surface area contributed by atoms with Crippen molar-refractivity contribution < 1.29 is 44.7 Å². The molecule has 0 atom stereocenters. The Hall–Kier alpha value is -3.26. The first-order valence-corrected chi connectivity index (χ1v) is 12.2. The van der Waals surface area contributed by atoms with Crippen LogP contribution in [0.2, 0.25) is 0 Å². The van der Waals surface area contributed by atoms with Gasteiger partial charge in [-0.25, -0.2) is 30.4 Å². The molecule has 14 heteroatoms. The van der Waals surface area contributed by atoms with Crippen LogP contribution in [0.15, 0.2) is 23.1 Å². The second-order valence-electron chi connectivity index (χ2n) is 8.48. The van der Waals surface area contributed by atoms with Crippen molar-refractivity contribution in [3.63, 3.8) is 0 Å². The van der Waals surface area contributed by atoms with Crippen LogP contribution in [-0.2, 0) is 19.6 Å². The number of amides is 2. The smallest absolute Gasteiger partial charge is 0.265 e. The molecule has 2 amide bonds. The summed E-state index contributed by atoms with van der Waals surface area (Å²) < 4.78 is 101. The predicted molar refractivity (Wildman–Crippen MR) is 116 cm³/mol. The molecule has 0 spiro atoms. The number of ether oxygens (including phenoxy) is 1. The minimum absolute atomic E-state index is 0.0600. The molecule has 1 fully saturated rings. The van der Waals surface area contributed by atoms with Gasteiger partial charge in [-0.05, 0) is 37.0 Å². The highest BCUT2D eigenvalue weighted by Gasteiger charge is 2.33. The zero-order valence-corrected chi connectivity index (χ0v) is 19.6. The highest BCUT2D eigenvalue weighted by atomic mass is 32.2. The van der Waals surface area contributed by atoms with Gasteiger partial charge in [-0.15, -0.1) is 0 Å². The average Bonchev–Trinajstić information content (AvgIpc) is 2.86. The van der Waals surface area contributed by atoms with Crippen LogP contribution in [0.5, 0.6) is 5.75 Å². The quantitative estimate of drug-likeness (QED) is 0.362. The van der Waals surface area contributed by atoms with Crippen molar-refractivity contribution in [2.75, 3.05) is 36.5 Å². The minimum Gasteiger partial charge on any atom is -0.482 e. The van der Waals surface area contributed by atoms with E-state index in [1.54, 1.807) is 5.32 Å². The van der Waals surface area contributed by atoms with E-state index in [0.717, 1.165) is 11.0 Å². The molecule has 2 aromatic carbocycles. The molecular formula is C22H20F5N3O5S. The summed E-state index contributed by atoms with van der Waals surface area (Å²) in [6.07, 6.45) is 1.35.